The molecule has 0 aromatic carbocycles. The van der Waals surface area contributed by atoms with Crippen LogP contribution in [-0.4, -0.2) is 32.3 Å². The number of hydrogen-bond acceptors (Lipinski definition) is 5. The molecule has 2 fully saturated rings. The van der Waals surface area contributed by atoms with Crippen LogP contribution in [0.5, 0.6) is 0 Å². The Hall–Kier alpha value is -2.24. The van der Waals surface area contributed by atoms with E-state index in [0.29, 0.717) is 12.5 Å². The van der Waals surface area contributed by atoms with Gasteiger partial charge < -0.3 is 4.90 Å². The average molecular weight is 351 g/mol. The Kier molecular flexibility index (Phi) is 3.98. The number of aromatic nitrogens is 4. The highest BCUT2D eigenvalue weighted by Crippen LogP contribution is 2.38. The molecule has 6 heteroatoms. The first kappa shape index (κ1) is 16.0. The quantitative estimate of drug-likeness (QED) is 0.847. The van der Waals surface area contributed by atoms with E-state index in [2.05, 4.69) is 20.0 Å². The second kappa shape index (κ2) is 6.49. The molecule has 6 nitrogen and oxygen atoms in total. The van der Waals surface area contributed by atoms with Crippen molar-refractivity contribution in [2.24, 2.45) is 0 Å². The number of fused-ring (bicyclic) bond motifs is 1. The number of rotatable bonds is 4. The van der Waals surface area contributed by atoms with E-state index in [-0.39, 0.29) is 11.6 Å². The fourth-order valence-electron chi connectivity index (χ4n) is 4.45. The summed E-state index contributed by atoms with van der Waals surface area (Å²) in [6.07, 6.45) is 10.9. The summed E-state index contributed by atoms with van der Waals surface area (Å²) in [5.41, 5.74) is 3.63. The van der Waals surface area contributed by atoms with Crippen LogP contribution in [0.2, 0.25) is 0 Å². The molecule has 3 aliphatic rings. The lowest BCUT2D eigenvalue weighted by Gasteiger charge is -2.29. The van der Waals surface area contributed by atoms with Crippen LogP contribution in [0.4, 0.5) is 5.82 Å². The monoisotopic (exact) mass is 351 g/mol. The predicted molar refractivity (Wildman–Crippen MR) is 99.5 cm³/mol. The van der Waals surface area contributed by atoms with Crippen LogP contribution in [0.3, 0.4) is 0 Å². The molecular formula is C20H25N5O. The lowest BCUT2D eigenvalue weighted by atomic mass is 9.96. The summed E-state index contributed by atoms with van der Waals surface area (Å²) < 4.78 is 1.68. The predicted octanol–water partition coefficient (Wildman–Crippen LogP) is 2.46. The summed E-state index contributed by atoms with van der Waals surface area (Å²) >= 11 is 0. The van der Waals surface area contributed by atoms with Gasteiger partial charge in [-0.15, -0.1) is 0 Å². The zero-order valence-electron chi connectivity index (χ0n) is 15.1. The van der Waals surface area contributed by atoms with E-state index in [1.165, 1.54) is 36.9 Å². The van der Waals surface area contributed by atoms with Crippen LogP contribution in [-0.2, 0) is 19.4 Å². The fraction of sp³-hybridized carbons (Fsp3) is 0.600. The molecule has 3 heterocycles. The summed E-state index contributed by atoms with van der Waals surface area (Å²) in [5.74, 6) is 1.67. The maximum absolute atomic E-state index is 12.3. The Morgan fingerprint density at radius 2 is 1.92 bits per heavy atom. The van der Waals surface area contributed by atoms with Crippen molar-refractivity contribution in [1.29, 1.82) is 0 Å². The van der Waals surface area contributed by atoms with Gasteiger partial charge in [-0.1, -0.05) is 0 Å². The van der Waals surface area contributed by atoms with Gasteiger partial charge in [0.1, 0.15) is 12.1 Å². The Labute approximate surface area is 153 Å². The summed E-state index contributed by atoms with van der Waals surface area (Å²) in [5, 5.41) is 4.66. The van der Waals surface area contributed by atoms with Gasteiger partial charge in [-0.2, -0.15) is 5.10 Å². The third-order valence-corrected chi connectivity index (χ3v) is 6.02. The molecule has 1 atom stereocenters. The summed E-state index contributed by atoms with van der Waals surface area (Å²) in [4.78, 5) is 23.9. The van der Waals surface area contributed by atoms with Gasteiger partial charge in [-0.05, 0) is 57.4 Å². The normalized spacial score (nSPS) is 22.5. The van der Waals surface area contributed by atoms with E-state index in [0.717, 1.165) is 43.7 Å². The molecule has 1 saturated carbocycles. The van der Waals surface area contributed by atoms with Gasteiger partial charge in [0.05, 0.1) is 18.3 Å². The molecule has 1 unspecified atom stereocenters. The van der Waals surface area contributed by atoms with Crippen LogP contribution >= 0.6 is 0 Å². The summed E-state index contributed by atoms with van der Waals surface area (Å²) in [7, 11) is 0. The second-order valence-electron chi connectivity index (χ2n) is 7.87. The highest BCUT2D eigenvalue weighted by Gasteiger charge is 2.31. The molecule has 2 aromatic heterocycles. The third-order valence-electron chi connectivity index (χ3n) is 6.02. The first-order chi connectivity index (χ1) is 12.8. The SMILES string of the molecule is O=c1ccc(C2CC2)nn1CC1CCCN1c1ncnc2c1CCCC2. The van der Waals surface area contributed by atoms with Gasteiger partial charge in [0.2, 0.25) is 0 Å². The molecule has 0 N–H and O–H groups in total. The maximum Gasteiger partial charge on any atom is 0.266 e. The van der Waals surface area contributed by atoms with Gasteiger partial charge in [-0.3, -0.25) is 4.79 Å². The van der Waals surface area contributed by atoms with E-state index in [4.69, 9.17) is 0 Å². The molecule has 0 radical (unpaired) electrons. The van der Waals surface area contributed by atoms with E-state index in [1.807, 2.05) is 6.07 Å². The first-order valence-corrected chi connectivity index (χ1v) is 9.97. The molecule has 2 aromatic rings. The molecule has 1 aliphatic heterocycles. The zero-order chi connectivity index (χ0) is 17.5. The number of aryl methyl sites for hydroxylation is 1. The van der Waals surface area contributed by atoms with Crippen molar-refractivity contribution in [3.8, 4) is 0 Å². The molecule has 5 rings (SSSR count). The number of hydrogen-bond donors (Lipinski definition) is 0. The highest BCUT2D eigenvalue weighted by molar-refractivity contribution is 5.51. The standard InChI is InChI=1S/C20H25N5O/c26-19-10-9-17(14-7-8-14)23-25(19)12-15-4-3-11-24(15)20-16-5-1-2-6-18(16)21-13-22-20/h9-10,13-15H,1-8,11-12H2. The summed E-state index contributed by atoms with van der Waals surface area (Å²) in [6.45, 7) is 1.66. The molecular weight excluding hydrogens is 326 g/mol. The minimum Gasteiger partial charge on any atom is -0.351 e. The maximum atomic E-state index is 12.3. The van der Waals surface area contributed by atoms with Gasteiger partial charge in [0.15, 0.2) is 0 Å². The topological polar surface area (TPSA) is 63.9 Å². The van der Waals surface area contributed by atoms with Crippen molar-refractivity contribution in [3.05, 3.63) is 45.8 Å². The van der Waals surface area contributed by atoms with Crippen LogP contribution in [0, 0.1) is 0 Å². The minimum absolute atomic E-state index is 0.00552. The second-order valence-corrected chi connectivity index (χ2v) is 7.87. The average Bonchev–Trinajstić information content (AvgIpc) is 3.42. The lowest BCUT2D eigenvalue weighted by molar-refractivity contribution is 0.479. The van der Waals surface area contributed by atoms with Crippen molar-refractivity contribution in [2.75, 3.05) is 11.4 Å². The van der Waals surface area contributed by atoms with Crippen molar-refractivity contribution >= 4 is 5.82 Å². The molecule has 26 heavy (non-hydrogen) atoms. The summed E-state index contributed by atoms with van der Waals surface area (Å²) in [6, 6.07) is 3.88. The van der Waals surface area contributed by atoms with Crippen LogP contribution in [0.15, 0.2) is 23.3 Å². The van der Waals surface area contributed by atoms with Crippen molar-refractivity contribution in [2.45, 2.75) is 69.9 Å². The lowest BCUT2D eigenvalue weighted by Crippen LogP contribution is -2.38. The van der Waals surface area contributed by atoms with Crippen LogP contribution in [0.25, 0.3) is 0 Å². The van der Waals surface area contributed by atoms with Gasteiger partial charge in [-0.25, -0.2) is 14.6 Å². The largest absolute Gasteiger partial charge is 0.351 e. The van der Waals surface area contributed by atoms with Crippen LogP contribution in [0.1, 0.15) is 61.4 Å². The molecule has 136 valence electrons. The van der Waals surface area contributed by atoms with E-state index in [9.17, 15) is 4.79 Å². The van der Waals surface area contributed by atoms with Gasteiger partial charge >= 0.3 is 0 Å². The van der Waals surface area contributed by atoms with E-state index in [1.54, 1.807) is 17.1 Å². The van der Waals surface area contributed by atoms with Crippen LogP contribution < -0.4 is 10.5 Å². The Morgan fingerprint density at radius 3 is 2.81 bits per heavy atom. The number of anilines is 1. The molecule has 1 saturated heterocycles. The molecule has 0 amide bonds. The molecule has 2 aliphatic carbocycles. The third kappa shape index (κ3) is 2.91. The number of nitrogens with zero attached hydrogens (tertiary/aromatic N) is 5. The minimum atomic E-state index is 0.00552. The highest BCUT2D eigenvalue weighted by atomic mass is 16.1. The fourth-order valence-corrected chi connectivity index (χ4v) is 4.45. The first-order valence-electron chi connectivity index (χ1n) is 9.97. The van der Waals surface area contributed by atoms with E-state index < -0.39 is 0 Å². The van der Waals surface area contributed by atoms with Crippen molar-refractivity contribution in [3.63, 3.8) is 0 Å². The molecule has 0 bridgehead atoms. The zero-order valence-corrected chi connectivity index (χ0v) is 15.1. The van der Waals surface area contributed by atoms with Gasteiger partial charge in [0.25, 0.3) is 5.56 Å². The van der Waals surface area contributed by atoms with Gasteiger partial charge in [0, 0.05) is 29.8 Å². The smallest absolute Gasteiger partial charge is 0.266 e. The Morgan fingerprint density at radius 1 is 1.04 bits per heavy atom. The Bertz CT molecular complexity index is 873. The Balaban J connectivity index is 1.43. The van der Waals surface area contributed by atoms with E-state index >= 15 is 0 Å². The van der Waals surface area contributed by atoms with Crippen molar-refractivity contribution in [1.82, 2.24) is 19.7 Å². The van der Waals surface area contributed by atoms with Crippen molar-refractivity contribution < 1.29 is 0 Å². The molecule has 0 spiro atoms.